The Morgan fingerprint density at radius 1 is 0.475 bits per heavy atom. The second-order valence-electron chi connectivity index (χ2n) is 15.4. The molecule has 0 aromatic heterocycles. The third kappa shape index (κ3) is 10.5. The first-order valence-electron chi connectivity index (χ1n) is 19.2. The van der Waals surface area contributed by atoms with Crippen molar-refractivity contribution in [2.45, 2.75) is 188 Å². The molecule has 14 N–H and O–H groups in total. The zero-order valence-electron chi connectivity index (χ0n) is 32.7. The molecule has 59 heavy (non-hydrogen) atoms. The number of amides is 2. The van der Waals surface area contributed by atoms with Crippen molar-refractivity contribution in [1.82, 2.24) is 10.6 Å². The first kappa shape index (κ1) is 48.1. The number of ether oxygens (including phenoxy) is 9. The molecule has 5 saturated heterocycles. The lowest BCUT2D eigenvalue weighted by Crippen LogP contribution is -2.68. The van der Waals surface area contributed by atoms with Crippen LogP contribution < -0.4 is 10.6 Å². The minimum Gasteiger partial charge on any atom is -0.394 e. The van der Waals surface area contributed by atoms with Crippen LogP contribution in [0.3, 0.4) is 0 Å². The van der Waals surface area contributed by atoms with Gasteiger partial charge in [-0.1, -0.05) is 0 Å². The number of carbonyl (C=O) groups is 2. The number of rotatable bonds is 12. The highest BCUT2D eigenvalue weighted by atomic mass is 16.8. The Bertz CT molecular complexity index is 1390. The monoisotopic (exact) mass is 862 g/mol. The van der Waals surface area contributed by atoms with Crippen LogP contribution in [0, 0.1) is 0 Å². The smallest absolute Gasteiger partial charge is 0.217 e. The van der Waals surface area contributed by atoms with Crippen LogP contribution in [-0.4, -0.2) is 240 Å². The van der Waals surface area contributed by atoms with Gasteiger partial charge in [0.05, 0.1) is 37.6 Å². The van der Waals surface area contributed by atoms with E-state index >= 15 is 0 Å². The molecule has 5 heterocycles. The second kappa shape index (κ2) is 20.1. The Labute approximate surface area is 337 Å². The van der Waals surface area contributed by atoms with Gasteiger partial charge in [-0.05, 0) is 20.8 Å². The van der Waals surface area contributed by atoms with E-state index < -0.39 is 178 Å². The summed E-state index contributed by atoms with van der Waals surface area (Å²) in [6.45, 7) is 4.89. The summed E-state index contributed by atoms with van der Waals surface area (Å²) in [4.78, 5) is 23.8. The summed E-state index contributed by atoms with van der Waals surface area (Å²) >= 11 is 0. The minimum absolute atomic E-state index is 0.593. The molecule has 0 aromatic carbocycles. The maximum atomic E-state index is 12.0. The maximum Gasteiger partial charge on any atom is 0.217 e. The van der Waals surface area contributed by atoms with Gasteiger partial charge in [0.2, 0.25) is 11.8 Å². The summed E-state index contributed by atoms with van der Waals surface area (Å²) < 4.78 is 51.2. The molecule has 5 rings (SSSR count). The zero-order valence-corrected chi connectivity index (χ0v) is 32.7. The standard InChI is InChI=1S/C34H58N2O23/c1-8-17(40)15(35-11(4)38)22(45)32(53-8)58-28-19(42)10(3)54-33(25(28)48)59-29-21(44)14(7-51-31-24(47)23(46)20(43)13(6-37)55-31)56-34(26(29)49)57-27-16(36-12(5)39)30(50)52-9(2)18(27)41/h8-10,13-34,37,40-50H,6-7H2,1-5H3,(H,35,38)(H,36,39)/t8-,9-,10+,13-,14-,15+,16-,17-,18+,19+,20+,21+,22-,23+,24-,25-,26-,27-,28-,29+,30+,31+,32+,33+,34+/m1/s1. The molecule has 5 fully saturated rings. The maximum absolute atomic E-state index is 12.0. The quantitative estimate of drug-likeness (QED) is 0.0866. The van der Waals surface area contributed by atoms with E-state index in [1.165, 1.54) is 20.8 Å². The van der Waals surface area contributed by atoms with Gasteiger partial charge in [-0.25, -0.2) is 0 Å². The fraction of sp³-hybridized carbons (Fsp3) is 0.941. The highest BCUT2D eigenvalue weighted by molar-refractivity contribution is 5.73. The summed E-state index contributed by atoms with van der Waals surface area (Å²) in [5, 5.41) is 134. The van der Waals surface area contributed by atoms with E-state index in [1.807, 2.05) is 0 Å². The molecule has 25 heteroatoms. The fourth-order valence-electron chi connectivity index (χ4n) is 7.58. The van der Waals surface area contributed by atoms with Gasteiger partial charge in [-0.2, -0.15) is 0 Å². The highest BCUT2D eigenvalue weighted by Crippen LogP contribution is 2.35. The lowest BCUT2D eigenvalue weighted by Gasteiger charge is -2.49. The second-order valence-corrected chi connectivity index (χ2v) is 15.4. The Morgan fingerprint density at radius 2 is 0.932 bits per heavy atom. The van der Waals surface area contributed by atoms with E-state index in [0.717, 1.165) is 13.8 Å². The average Bonchev–Trinajstić information content (AvgIpc) is 3.17. The fourth-order valence-corrected chi connectivity index (χ4v) is 7.58. The van der Waals surface area contributed by atoms with Crippen LogP contribution in [-0.2, 0) is 52.2 Å². The molecule has 0 radical (unpaired) electrons. The van der Waals surface area contributed by atoms with E-state index in [1.54, 1.807) is 0 Å². The summed E-state index contributed by atoms with van der Waals surface area (Å²) in [5.74, 6) is -1.26. The van der Waals surface area contributed by atoms with E-state index in [2.05, 4.69) is 10.6 Å². The van der Waals surface area contributed by atoms with Crippen LogP contribution in [0.25, 0.3) is 0 Å². The van der Waals surface area contributed by atoms with Gasteiger partial charge in [-0.15, -0.1) is 0 Å². The van der Waals surface area contributed by atoms with Crippen molar-refractivity contribution in [3.8, 4) is 0 Å². The molecule has 0 saturated carbocycles. The topological polar surface area (TPSA) is 384 Å². The SMILES string of the molecule is CC(=O)N[C@@H]1[C@@H](O)[C@H](O[C@@H]2[C@@H](O)[C@H](C)O[C@@H](O[C@H]3[C@@H](O)[C@@H](CO[C@H]4O[C@H](CO)[C@H](O)[C@H](O)[C@H]4O)O[C@@H](O[C@H]4[C@@H](O)[C@@H](C)O[C@H](O)[C@@H]4NC(C)=O)[C@@H]3O)[C@@H]2O)O[C@H](C)[C@H]1O. The first-order valence-corrected chi connectivity index (χ1v) is 19.2. The third-order valence-corrected chi connectivity index (χ3v) is 11.0. The Hall–Kier alpha value is -1.90. The number of aliphatic hydroxyl groups excluding tert-OH is 12. The van der Waals surface area contributed by atoms with Crippen LogP contribution in [0.1, 0.15) is 34.6 Å². The molecule has 25 atom stereocenters. The third-order valence-electron chi connectivity index (χ3n) is 11.0. The van der Waals surface area contributed by atoms with Crippen molar-refractivity contribution in [3.05, 3.63) is 0 Å². The molecule has 0 bridgehead atoms. The van der Waals surface area contributed by atoms with Gasteiger partial charge in [0.25, 0.3) is 0 Å². The Morgan fingerprint density at radius 3 is 1.51 bits per heavy atom. The normalized spacial score (nSPS) is 50.8. The molecule has 5 aliphatic heterocycles. The minimum atomic E-state index is -2.06. The molecular weight excluding hydrogens is 804 g/mol. The van der Waals surface area contributed by atoms with Crippen molar-refractivity contribution in [2.75, 3.05) is 13.2 Å². The lowest BCUT2D eigenvalue weighted by atomic mass is 9.95. The van der Waals surface area contributed by atoms with E-state index in [-0.39, 0.29) is 0 Å². The van der Waals surface area contributed by atoms with Crippen molar-refractivity contribution < 1.29 is 113 Å². The van der Waals surface area contributed by atoms with Gasteiger partial charge >= 0.3 is 0 Å². The van der Waals surface area contributed by atoms with Crippen LogP contribution in [0.4, 0.5) is 0 Å². The Balaban J connectivity index is 1.40. The number of hydrogen-bond acceptors (Lipinski definition) is 23. The molecular formula is C34H58N2O23. The van der Waals surface area contributed by atoms with Gasteiger partial charge in [0, 0.05) is 13.8 Å². The predicted octanol–water partition coefficient (Wildman–Crippen LogP) is -8.55. The van der Waals surface area contributed by atoms with Crippen molar-refractivity contribution in [1.29, 1.82) is 0 Å². The summed E-state index contributed by atoms with van der Waals surface area (Å²) in [6.07, 6.45) is -38.1. The van der Waals surface area contributed by atoms with Crippen molar-refractivity contribution >= 4 is 11.8 Å². The van der Waals surface area contributed by atoms with Crippen molar-refractivity contribution in [2.24, 2.45) is 0 Å². The predicted molar refractivity (Wildman–Crippen MR) is 185 cm³/mol. The molecule has 0 aliphatic carbocycles. The van der Waals surface area contributed by atoms with Gasteiger partial charge in [0.15, 0.2) is 31.5 Å². The molecule has 2 amide bonds. The van der Waals surface area contributed by atoms with Gasteiger partial charge in [-0.3, -0.25) is 9.59 Å². The van der Waals surface area contributed by atoms with E-state index in [0.29, 0.717) is 0 Å². The number of aliphatic hydroxyl groups is 12. The van der Waals surface area contributed by atoms with E-state index in [9.17, 15) is 70.9 Å². The molecule has 0 unspecified atom stereocenters. The molecule has 25 nitrogen and oxygen atoms in total. The largest absolute Gasteiger partial charge is 0.394 e. The number of nitrogens with one attached hydrogen (secondary N) is 2. The van der Waals surface area contributed by atoms with E-state index in [4.69, 9.17) is 42.6 Å². The average molecular weight is 863 g/mol. The van der Waals surface area contributed by atoms with Crippen LogP contribution in [0.5, 0.6) is 0 Å². The first-order chi connectivity index (χ1) is 27.7. The van der Waals surface area contributed by atoms with Crippen LogP contribution in [0.2, 0.25) is 0 Å². The van der Waals surface area contributed by atoms with Crippen molar-refractivity contribution in [3.63, 3.8) is 0 Å². The summed E-state index contributed by atoms with van der Waals surface area (Å²) in [5.41, 5.74) is 0. The lowest BCUT2D eigenvalue weighted by molar-refractivity contribution is -0.384. The Kier molecular flexibility index (Phi) is 16.4. The number of carbonyl (C=O) groups excluding carboxylic acids is 2. The van der Waals surface area contributed by atoms with Crippen LogP contribution in [0.15, 0.2) is 0 Å². The molecule has 342 valence electrons. The summed E-state index contributed by atoms with van der Waals surface area (Å²) in [6, 6.07) is -2.73. The molecule has 5 aliphatic rings. The zero-order chi connectivity index (χ0) is 43.8. The number of hydrogen-bond donors (Lipinski definition) is 14. The van der Waals surface area contributed by atoms with Crippen LogP contribution >= 0.6 is 0 Å². The van der Waals surface area contributed by atoms with Gasteiger partial charge in [0.1, 0.15) is 97.6 Å². The summed E-state index contributed by atoms with van der Waals surface area (Å²) in [7, 11) is 0. The van der Waals surface area contributed by atoms with Gasteiger partial charge < -0.3 is 115 Å². The molecule has 0 spiro atoms. The molecule has 0 aromatic rings. The highest BCUT2D eigenvalue weighted by Gasteiger charge is 2.55.